The van der Waals surface area contributed by atoms with Crippen LogP contribution in [0.1, 0.15) is 13.3 Å². The molecule has 3 heteroatoms. The van der Waals surface area contributed by atoms with Gasteiger partial charge in [-0.15, -0.1) is 0 Å². The van der Waals surface area contributed by atoms with Gasteiger partial charge in [-0.05, 0) is 0 Å². The van der Waals surface area contributed by atoms with Crippen molar-refractivity contribution in [2.75, 3.05) is 12.8 Å². The Bertz CT molecular complexity index is 854. The van der Waals surface area contributed by atoms with Crippen LogP contribution in [0.25, 0.3) is 0 Å². The fraction of sp³-hybridized carbons (Fsp3) is 0.200. The summed E-state index contributed by atoms with van der Waals surface area (Å²) in [4.78, 5) is 0. The Hall–Kier alpha value is -1.48. The molecule has 1 aliphatic heterocycles. The molecule has 0 saturated heterocycles. The van der Waals surface area contributed by atoms with E-state index in [2.05, 4.69) is 126 Å². The van der Waals surface area contributed by atoms with Crippen molar-refractivity contribution in [3.05, 3.63) is 103 Å². The number of rotatable bonds is 5. The third kappa shape index (κ3) is 3.47. The minimum absolute atomic E-state index is 0.222. The Balaban J connectivity index is 1.99. The van der Waals surface area contributed by atoms with Crippen molar-refractivity contribution in [1.82, 2.24) is 0 Å². The summed E-state index contributed by atoms with van der Waals surface area (Å²) >= 11 is 2.85. The van der Waals surface area contributed by atoms with E-state index in [9.17, 15) is 0 Å². The summed E-state index contributed by atoms with van der Waals surface area (Å²) in [6.45, 7) is 2.95. The quantitative estimate of drug-likeness (QED) is 0.252. The molecule has 1 nitrogen and oxygen atoms in total. The molecular formula is C25H26IOP. The van der Waals surface area contributed by atoms with Crippen LogP contribution >= 0.6 is 26.3 Å². The number of benzene rings is 3. The summed E-state index contributed by atoms with van der Waals surface area (Å²) in [6.07, 6.45) is 4.45. The van der Waals surface area contributed by atoms with Gasteiger partial charge in [0.15, 0.2) is 0 Å². The standard InChI is InChI=1S/C25H26IOP/c1-21-17-18-27-22(19-21)20-28(26,23-11-5-2-6-12-23,24-13-7-3-8-14-24)25-15-9-4-10-16-25/h2-17,22H,18-20H2,1H3/t22-/m0/s1. The summed E-state index contributed by atoms with van der Waals surface area (Å²) in [5.41, 5.74) is 1.44. The molecule has 0 aromatic heterocycles. The summed E-state index contributed by atoms with van der Waals surface area (Å²) in [6, 6.07) is 33.3. The monoisotopic (exact) mass is 500 g/mol. The van der Waals surface area contributed by atoms with Crippen LogP contribution in [0.3, 0.4) is 0 Å². The molecule has 3 aromatic carbocycles. The van der Waals surface area contributed by atoms with Gasteiger partial charge in [0.05, 0.1) is 0 Å². The molecule has 0 N–H and O–H groups in total. The summed E-state index contributed by atoms with van der Waals surface area (Å²) in [5, 5.41) is 4.26. The van der Waals surface area contributed by atoms with Gasteiger partial charge in [-0.25, -0.2) is 0 Å². The van der Waals surface area contributed by atoms with E-state index >= 15 is 0 Å². The molecule has 28 heavy (non-hydrogen) atoms. The maximum absolute atomic E-state index is 6.29. The Morgan fingerprint density at radius 3 is 1.61 bits per heavy atom. The maximum atomic E-state index is 6.29. The number of hydrogen-bond donors (Lipinski definition) is 0. The van der Waals surface area contributed by atoms with Crippen LogP contribution in [0.4, 0.5) is 0 Å². The van der Waals surface area contributed by atoms with Crippen molar-refractivity contribution >= 4 is 42.2 Å². The first-order valence-electron chi connectivity index (χ1n) is 9.78. The molecule has 0 saturated carbocycles. The van der Waals surface area contributed by atoms with Crippen molar-refractivity contribution in [3.8, 4) is 0 Å². The summed E-state index contributed by atoms with van der Waals surface area (Å²) in [7, 11) is 0. The molecule has 144 valence electrons. The zero-order chi connectivity index (χ0) is 19.5. The van der Waals surface area contributed by atoms with Crippen molar-refractivity contribution in [1.29, 1.82) is 0 Å². The first-order valence-corrected chi connectivity index (χ1v) is 15.0. The molecule has 0 spiro atoms. The predicted octanol–water partition coefficient (Wildman–Crippen LogP) is 5.60. The van der Waals surface area contributed by atoms with E-state index in [-0.39, 0.29) is 6.10 Å². The van der Waals surface area contributed by atoms with Crippen LogP contribution in [0, 0.1) is 0 Å². The third-order valence-electron chi connectivity index (χ3n) is 5.74. The van der Waals surface area contributed by atoms with Crippen molar-refractivity contribution in [2.24, 2.45) is 0 Å². The van der Waals surface area contributed by atoms with Gasteiger partial charge in [-0.2, -0.15) is 0 Å². The van der Waals surface area contributed by atoms with Gasteiger partial charge in [-0.1, -0.05) is 0 Å². The molecule has 0 bridgehead atoms. The van der Waals surface area contributed by atoms with E-state index < -0.39 is 4.25 Å². The van der Waals surface area contributed by atoms with E-state index in [4.69, 9.17) is 4.74 Å². The molecular weight excluding hydrogens is 474 g/mol. The van der Waals surface area contributed by atoms with E-state index in [1.807, 2.05) is 0 Å². The Labute approximate surface area is 181 Å². The SMILES string of the molecule is CC1=CCO[C@H](CP(I)(c2ccccc2)(c2ccccc2)c2ccccc2)C1. The molecule has 3 aromatic rings. The first kappa shape index (κ1) is 19.8. The van der Waals surface area contributed by atoms with Crippen LogP contribution in [0.15, 0.2) is 103 Å². The molecule has 0 radical (unpaired) electrons. The first-order chi connectivity index (χ1) is 13.6. The number of hydrogen-bond acceptors (Lipinski definition) is 1. The van der Waals surface area contributed by atoms with Gasteiger partial charge in [-0.3, -0.25) is 0 Å². The third-order valence-corrected chi connectivity index (χ3v) is 17.2. The number of ether oxygens (including phenoxy) is 1. The molecule has 0 fully saturated rings. The molecule has 1 heterocycles. The Morgan fingerprint density at radius 1 is 0.786 bits per heavy atom. The average molecular weight is 500 g/mol. The van der Waals surface area contributed by atoms with Gasteiger partial charge >= 0.3 is 182 Å². The van der Waals surface area contributed by atoms with Crippen molar-refractivity contribution < 1.29 is 4.74 Å². The van der Waals surface area contributed by atoms with Crippen LogP contribution in [-0.2, 0) is 4.74 Å². The van der Waals surface area contributed by atoms with Gasteiger partial charge in [0.1, 0.15) is 0 Å². The zero-order valence-corrected chi connectivity index (χ0v) is 19.2. The van der Waals surface area contributed by atoms with Crippen molar-refractivity contribution in [2.45, 2.75) is 19.4 Å². The minimum atomic E-state index is -2.74. The second kappa shape index (κ2) is 8.10. The van der Waals surface area contributed by atoms with Gasteiger partial charge in [0, 0.05) is 0 Å². The topological polar surface area (TPSA) is 9.23 Å². The van der Waals surface area contributed by atoms with E-state index in [1.54, 1.807) is 0 Å². The molecule has 1 atom stereocenters. The summed E-state index contributed by atoms with van der Waals surface area (Å²) < 4.78 is 3.55. The Morgan fingerprint density at radius 2 is 1.21 bits per heavy atom. The van der Waals surface area contributed by atoms with Gasteiger partial charge < -0.3 is 0 Å². The van der Waals surface area contributed by atoms with Crippen LogP contribution in [0.2, 0.25) is 0 Å². The second-order valence-corrected chi connectivity index (χ2v) is 18.3. The van der Waals surface area contributed by atoms with E-state index in [0.717, 1.165) is 19.2 Å². The molecule has 0 amide bonds. The molecule has 4 rings (SSSR count). The van der Waals surface area contributed by atoms with Crippen molar-refractivity contribution in [3.63, 3.8) is 0 Å². The Kier molecular flexibility index (Phi) is 5.73. The van der Waals surface area contributed by atoms with Crippen LogP contribution in [0.5, 0.6) is 0 Å². The predicted molar refractivity (Wildman–Crippen MR) is 132 cm³/mol. The van der Waals surface area contributed by atoms with Gasteiger partial charge in [0.25, 0.3) is 0 Å². The molecule has 0 unspecified atom stereocenters. The molecule has 1 aliphatic rings. The number of halogens is 1. The van der Waals surface area contributed by atoms with Crippen LogP contribution in [-0.4, -0.2) is 18.9 Å². The van der Waals surface area contributed by atoms with Gasteiger partial charge in [0.2, 0.25) is 0 Å². The second-order valence-electron chi connectivity index (χ2n) is 7.58. The fourth-order valence-corrected chi connectivity index (χ4v) is 13.4. The fourth-order valence-electron chi connectivity index (χ4n) is 4.31. The van der Waals surface area contributed by atoms with Crippen LogP contribution < -0.4 is 15.9 Å². The average Bonchev–Trinajstić information content (AvgIpc) is 2.76. The normalized spacial score (nSPS) is 18.7. The summed E-state index contributed by atoms with van der Waals surface area (Å²) in [5.74, 6) is 0. The van der Waals surface area contributed by atoms with E-state index in [0.29, 0.717) is 0 Å². The zero-order valence-electron chi connectivity index (χ0n) is 16.2. The molecule has 0 aliphatic carbocycles. The van der Waals surface area contributed by atoms with E-state index in [1.165, 1.54) is 21.5 Å².